The Balaban J connectivity index is 1.89. The Hall–Kier alpha value is -2.27. The van der Waals surface area contributed by atoms with Crippen molar-refractivity contribution in [3.63, 3.8) is 0 Å². The molecule has 0 saturated carbocycles. The van der Waals surface area contributed by atoms with Gasteiger partial charge in [0.2, 0.25) is 0 Å². The topological polar surface area (TPSA) is 63.5 Å². The van der Waals surface area contributed by atoms with Crippen molar-refractivity contribution in [2.45, 2.75) is 19.9 Å². The van der Waals surface area contributed by atoms with E-state index < -0.39 is 0 Å². The van der Waals surface area contributed by atoms with Crippen molar-refractivity contribution in [3.8, 4) is 11.7 Å². The van der Waals surface area contributed by atoms with Crippen LogP contribution in [0.25, 0.3) is 0 Å². The lowest BCUT2D eigenvalue weighted by Gasteiger charge is -2.12. The third kappa shape index (κ3) is 4.65. The van der Waals surface area contributed by atoms with E-state index in [4.69, 9.17) is 9.15 Å². The molecular formula is C16H20N2O3. The van der Waals surface area contributed by atoms with E-state index in [9.17, 15) is 4.79 Å². The van der Waals surface area contributed by atoms with Gasteiger partial charge in [-0.25, -0.2) is 0 Å². The van der Waals surface area contributed by atoms with E-state index in [0.717, 1.165) is 6.54 Å². The molecule has 0 bridgehead atoms. The molecule has 1 atom stereocenters. The molecule has 1 aromatic carbocycles. The van der Waals surface area contributed by atoms with Crippen LogP contribution in [0.3, 0.4) is 0 Å². The Bertz CT molecular complexity index is 566. The summed E-state index contributed by atoms with van der Waals surface area (Å²) in [6.07, 6.45) is 0. The number of rotatable bonds is 7. The molecule has 112 valence electrons. The molecule has 0 aliphatic carbocycles. The standard InChI is InChI=1S/C16H20N2O3/c1-3-17-12(2)11-18-16(19)14-9-10-15(21-14)20-13-7-5-4-6-8-13/h4-10,12,17H,3,11H2,1-2H3,(H,18,19)/t12-/m1/s1. The zero-order valence-corrected chi connectivity index (χ0v) is 12.3. The number of carbonyl (C=O) groups excluding carboxylic acids is 1. The fourth-order valence-corrected chi connectivity index (χ4v) is 1.86. The third-order valence-corrected chi connectivity index (χ3v) is 2.89. The number of benzene rings is 1. The van der Waals surface area contributed by atoms with E-state index in [1.807, 2.05) is 44.2 Å². The summed E-state index contributed by atoms with van der Waals surface area (Å²) >= 11 is 0. The summed E-state index contributed by atoms with van der Waals surface area (Å²) in [5.74, 6) is 0.956. The molecule has 2 aromatic rings. The van der Waals surface area contributed by atoms with Crippen molar-refractivity contribution in [2.75, 3.05) is 13.1 Å². The van der Waals surface area contributed by atoms with Crippen LogP contribution in [0.2, 0.25) is 0 Å². The Labute approximate surface area is 124 Å². The maximum absolute atomic E-state index is 11.9. The van der Waals surface area contributed by atoms with Crippen LogP contribution in [0.5, 0.6) is 11.7 Å². The van der Waals surface area contributed by atoms with Gasteiger partial charge < -0.3 is 19.8 Å². The van der Waals surface area contributed by atoms with E-state index in [-0.39, 0.29) is 17.7 Å². The second-order valence-corrected chi connectivity index (χ2v) is 4.70. The highest BCUT2D eigenvalue weighted by Crippen LogP contribution is 2.23. The number of nitrogens with one attached hydrogen (secondary N) is 2. The Morgan fingerprint density at radius 2 is 2.00 bits per heavy atom. The second kappa shape index (κ2) is 7.50. The predicted molar refractivity (Wildman–Crippen MR) is 80.7 cm³/mol. The average molecular weight is 288 g/mol. The molecule has 0 aliphatic rings. The summed E-state index contributed by atoms with van der Waals surface area (Å²) in [5.41, 5.74) is 0. The van der Waals surface area contributed by atoms with Crippen LogP contribution in [-0.2, 0) is 0 Å². The maximum Gasteiger partial charge on any atom is 0.290 e. The molecule has 0 spiro atoms. The molecule has 1 aromatic heterocycles. The number of ether oxygens (including phenoxy) is 1. The normalized spacial score (nSPS) is 11.9. The van der Waals surface area contributed by atoms with Crippen molar-refractivity contribution in [1.29, 1.82) is 0 Å². The van der Waals surface area contributed by atoms with Gasteiger partial charge in [0.25, 0.3) is 11.9 Å². The van der Waals surface area contributed by atoms with Crippen LogP contribution in [0.1, 0.15) is 24.4 Å². The number of hydrogen-bond donors (Lipinski definition) is 2. The highest BCUT2D eigenvalue weighted by Gasteiger charge is 2.13. The first-order valence-electron chi connectivity index (χ1n) is 7.03. The molecule has 5 nitrogen and oxygen atoms in total. The zero-order valence-electron chi connectivity index (χ0n) is 12.3. The first kappa shape index (κ1) is 15.1. The average Bonchev–Trinajstić information content (AvgIpc) is 2.95. The maximum atomic E-state index is 11.9. The minimum absolute atomic E-state index is 0.217. The van der Waals surface area contributed by atoms with Gasteiger partial charge in [0.15, 0.2) is 5.76 Å². The van der Waals surface area contributed by atoms with E-state index in [1.165, 1.54) is 0 Å². The lowest BCUT2D eigenvalue weighted by atomic mass is 10.3. The minimum atomic E-state index is -0.248. The van der Waals surface area contributed by atoms with Crippen molar-refractivity contribution in [2.24, 2.45) is 0 Å². The molecule has 0 saturated heterocycles. The first-order chi connectivity index (χ1) is 10.2. The predicted octanol–water partition coefficient (Wildman–Crippen LogP) is 2.80. The van der Waals surface area contributed by atoms with Crippen LogP contribution in [0, 0.1) is 0 Å². The number of amides is 1. The fourth-order valence-electron chi connectivity index (χ4n) is 1.86. The Morgan fingerprint density at radius 3 is 2.71 bits per heavy atom. The van der Waals surface area contributed by atoms with Gasteiger partial charge in [-0.2, -0.15) is 0 Å². The molecule has 0 radical (unpaired) electrons. The molecule has 1 heterocycles. The summed E-state index contributed by atoms with van der Waals surface area (Å²) in [6, 6.07) is 12.7. The van der Waals surface area contributed by atoms with Gasteiger partial charge in [-0.1, -0.05) is 25.1 Å². The van der Waals surface area contributed by atoms with Crippen molar-refractivity contribution >= 4 is 5.91 Å². The van der Waals surface area contributed by atoms with Gasteiger partial charge in [-0.05, 0) is 31.7 Å². The summed E-state index contributed by atoms with van der Waals surface area (Å²) in [6.45, 7) is 5.45. The lowest BCUT2D eigenvalue weighted by Crippen LogP contribution is -2.38. The lowest BCUT2D eigenvalue weighted by molar-refractivity contribution is 0.0917. The monoisotopic (exact) mass is 288 g/mol. The first-order valence-corrected chi connectivity index (χ1v) is 7.03. The number of likely N-dealkylation sites (N-methyl/N-ethyl adjacent to an activating group) is 1. The van der Waals surface area contributed by atoms with Gasteiger partial charge in [0, 0.05) is 18.7 Å². The molecule has 0 unspecified atom stereocenters. The molecule has 2 rings (SSSR count). The second-order valence-electron chi connectivity index (χ2n) is 4.70. The van der Waals surface area contributed by atoms with Gasteiger partial charge in [0.05, 0.1) is 0 Å². The summed E-state index contributed by atoms with van der Waals surface area (Å²) in [4.78, 5) is 11.9. The Morgan fingerprint density at radius 1 is 1.24 bits per heavy atom. The van der Waals surface area contributed by atoms with Crippen LogP contribution in [0.15, 0.2) is 46.9 Å². The number of carbonyl (C=O) groups is 1. The van der Waals surface area contributed by atoms with Crippen LogP contribution < -0.4 is 15.4 Å². The number of para-hydroxylation sites is 1. The largest absolute Gasteiger partial charge is 0.426 e. The molecule has 5 heteroatoms. The minimum Gasteiger partial charge on any atom is -0.426 e. The molecule has 0 fully saturated rings. The molecule has 21 heavy (non-hydrogen) atoms. The van der Waals surface area contributed by atoms with Crippen LogP contribution in [0.4, 0.5) is 0 Å². The third-order valence-electron chi connectivity index (χ3n) is 2.89. The van der Waals surface area contributed by atoms with Crippen molar-refractivity contribution < 1.29 is 13.9 Å². The molecular weight excluding hydrogens is 268 g/mol. The SMILES string of the molecule is CCN[C@H](C)CNC(=O)c1ccc(Oc2ccccc2)o1. The molecule has 1 amide bonds. The number of hydrogen-bond acceptors (Lipinski definition) is 4. The van der Waals surface area contributed by atoms with E-state index in [0.29, 0.717) is 18.2 Å². The van der Waals surface area contributed by atoms with E-state index >= 15 is 0 Å². The van der Waals surface area contributed by atoms with E-state index in [1.54, 1.807) is 12.1 Å². The highest BCUT2D eigenvalue weighted by atomic mass is 16.6. The quantitative estimate of drug-likeness (QED) is 0.822. The van der Waals surface area contributed by atoms with Gasteiger partial charge >= 0.3 is 0 Å². The molecule has 0 aliphatic heterocycles. The summed E-state index contributed by atoms with van der Waals surface area (Å²) < 4.78 is 10.9. The fraction of sp³-hybridized carbons (Fsp3) is 0.312. The Kier molecular flexibility index (Phi) is 5.40. The van der Waals surface area contributed by atoms with Gasteiger partial charge in [0.1, 0.15) is 5.75 Å². The van der Waals surface area contributed by atoms with Gasteiger partial charge in [-0.15, -0.1) is 0 Å². The highest BCUT2D eigenvalue weighted by molar-refractivity contribution is 5.91. The van der Waals surface area contributed by atoms with Crippen LogP contribution in [-0.4, -0.2) is 25.0 Å². The molecule has 2 N–H and O–H groups in total. The van der Waals surface area contributed by atoms with Crippen molar-refractivity contribution in [1.82, 2.24) is 10.6 Å². The zero-order chi connectivity index (χ0) is 15.1. The number of furan rings is 1. The summed E-state index contributed by atoms with van der Waals surface area (Å²) in [7, 11) is 0. The summed E-state index contributed by atoms with van der Waals surface area (Å²) in [5, 5.41) is 6.03. The van der Waals surface area contributed by atoms with Crippen LogP contribution >= 0.6 is 0 Å². The smallest absolute Gasteiger partial charge is 0.290 e. The van der Waals surface area contributed by atoms with Crippen molar-refractivity contribution in [3.05, 3.63) is 48.2 Å². The van der Waals surface area contributed by atoms with Gasteiger partial charge in [-0.3, -0.25) is 4.79 Å². The van der Waals surface area contributed by atoms with E-state index in [2.05, 4.69) is 10.6 Å².